The summed E-state index contributed by atoms with van der Waals surface area (Å²) < 4.78 is 12.3. The van der Waals surface area contributed by atoms with Crippen LogP contribution >= 0.6 is 15.9 Å². The molecule has 0 aliphatic rings. The van der Waals surface area contributed by atoms with E-state index in [1.165, 1.54) is 11.1 Å². The molecule has 1 rings (SSSR count). The maximum atomic E-state index is 5.65. The van der Waals surface area contributed by atoms with Crippen LogP contribution in [0.3, 0.4) is 0 Å². The van der Waals surface area contributed by atoms with Gasteiger partial charge in [-0.3, -0.25) is 0 Å². The van der Waals surface area contributed by atoms with Crippen LogP contribution in [0.15, 0.2) is 22.7 Å². The zero-order valence-electron chi connectivity index (χ0n) is 13.5. The number of nitrogens with one attached hydrogen (secondary N) is 1. The quantitative estimate of drug-likeness (QED) is 0.603. The highest BCUT2D eigenvalue weighted by atomic mass is 79.9. The fourth-order valence-electron chi connectivity index (χ4n) is 1.85. The molecule has 0 heterocycles. The highest BCUT2D eigenvalue weighted by molar-refractivity contribution is 9.10. The molecule has 0 bridgehead atoms. The molecule has 3 nitrogen and oxygen atoms in total. The Morgan fingerprint density at radius 2 is 1.95 bits per heavy atom. The first-order valence-electron chi connectivity index (χ1n) is 7.77. The van der Waals surface area contributed by atoms with E-state index in [-0.39, 0.29) is 0 Å². The van der Waals surface area contributed by atoms with Crippen molar-refractivity contribution in [1.29, 1.82) is 0 Å². The van der Waals surface area contributed by atoms with Crippen LogP contribution in [0.2, 0.25) is 0 Å². The molecule has 0 atom stereocenters. The van der Waals surface area contributed by atoms with Crippen LogP contribution < -0.4 is 5.32 Å². The van der Waals surface area contributed by atoms with E-state index in [0.717, 1.165) is 30.6 Å². The van der Waals surface area contributed by atoms with Crippen molar-refractivity contribution < 1.29 is 9.47 Å². The Morgan fingerprint density at radius 3 is 2.62 bits per heavy atom. The van der Waals surface area contributed by atoms with Crippen LogP contribution in [0.25, 0.3) is 0 Å². The molecule has 0 saturated heterocycles. The van der Waals surface area contributed by atoms with Gasteiger partial charge in [0.25, 0.3) is 0 Å². The molecule has 1 N–H and O–H groups in total. The molecule has 4 heteroatoms. The van der Waals surface area contributed by atoms with Crippen molar-refractivity contribution >= 4 is 15.9 Å². The molecule has 0 aliphatic heterocycles. The average molecular weight is 358 g/mol. The number of benzene rings is 1. The molecule has 21 heavy (non-hydrogen) atoms. The number of hydrogen-bond acceptors (Lipinski definition) is 3. The summed E-state index contributed by atoms with van der Waals surface area (Å²) in [4.78, 5) is 0. The van der Waals surface area contributed by atoms with Crippen molar-refractivity contribution in [3.05, 3.63) is 33.8 Å². The van der Waals surface area contributed by atoms with E-state index in [1.807, 2.05) is 0 Å². The maximum Gasteiger partial charge on any atom is 0.0728 e. The third-order valence-corrected chi connectivity index (χ3v) is 3.69. The second kappa shape index (κ2) is 11.2. The fraction of sp³-hybridized carbons (Fsp3) is 0.647. The lowest BCUT2D eigenvalue weighted by atomic mass is 10.1. The van der Waals surface area contributed by atoms with Gasteiger partial charge < -0.3 is 14.8 Å². The van der Waals surface area contributed by atoms with E-state index >= 15 is 0 Å². The number of rotatable bonds is 11. The lowest BCUT2D eigenvalue weighted by Crippen LogP contribution is -2.13. The molecule has 0 spiro atoms. The van der Waals surface area contributed by atoms with Gasteiger partial charge in [-0.25, -0.2) is 0 Å². The predicted octanol–water partition coefficient (Wildman–Crippen LogP) is 4.14. The van der Waals surface area contributed by atoms with Crippen LogP contribution in [0.1, 0.15) is 38.3 Å². The molecule has 120 valence electrons. The van der Waals surface area contributed by atoms with Gasteiger partial charge in [0.15, 0.2) is 0 Å². The predicted molar refractivity (Wildman–Crippen MR) is 91.5 cm³/mol. The van der Waals surface area contributed by atoms with Crippen LogP contribution in [0.4, 0.5) is 0 Å². The smallest absolute Gasteiger partial charge is 0.0728 e. The van der Waals surface area contributed by atoms with E-state index < -0.39 is 0 Å². The molecule has 0 radical (unpaired) electrons. The second-order valence-corrected chi connectivity index (χ2v) is 6.48. The van der Waals surface area contributed by atoms with Crippen molar-refractivity contribution in [3.63, 3.8) is 0 Å². The standard InChI is InChI=1S/C17H28BrNO2/c1-4-7-19-11-15-5-6-16(17(18)10-15)13-21-9-8-20-12-14(2)3/h5-6,10,14,19H,4,7-9,11-13H2,1-3H3. The van der Waals surface area contributed by atoms with Crippen molar-refractivity contribution in [2.24, 2.45) is 5.92 Å². The molecule has 1 aromatic rings. The lowest BCUT2D eigenvalue weighted by Gasteiger charge is -2.10. The molecule has 0 saturated carbocycles. The number of ether oxygens (including phenoxy) is 2. The Balaban J connectivity index is 2.25. The summed E-state index contributed by atoms with van der Waals surface area (Å²) in [5.74, 6) is 0.577. The van der Waals surface area contributed by atoms with E-state index in [0.29, 0.717) is 25.7 Å². The SMILES string of the molecule is CCCNCc1ccc(COCCOCC(C)C)c(Br)c1. The number of halogens is 1. The summed E-state index contributed by atoms with van der Waals surface area (Å²) in [6.07, 6.45) is 1.16. The second-order valence-electron chi connectivity index (χ2n) is 5.62. The van der Waals surface area contributed by atoms with Crippen LogP contribution in [-0.2, 0) is 22.6 Å². The van der Waals surface area contributed by atoms with Crippen molar-refractivity contribution in [2.75, 3.05) is 26.4 Å². The minimum atomic E-state index is 0.577. The van der Waals surface area contributed by atoms with Gasteiger partial charge >= 0.3 is 0 Å². The van der Waals surface area contributed by atoms with E-state index in [9.17, 15) is 0 Å². The molecule has 0 amide bonds. The maximum absolute atomic E-state index is 5.65. The summed E-state index contributed by atoms with van der Waals surface area (Å²) >= 11 is 3.62. The topological polar surface area (TPSA) is 30.5 Å². The van der Waals surface area contributed by atoms with Crippen molar-refractivity contribution in [1.82, 2.24) is 5.32 Å². The number of hydrogen-bond donors (Lipinski definition) is 1. The zero-order chi connectivity index (χ0) is 15.5. The van der Waals surface area contributed by atoms with E-state index in [4.69, 9.17) is 9.47 Å². The Bertz CT molecular complexity index is 396. The Hall–Kier alpha value is -0.420. The Morgan fingerprint density at radius 1 is 1.19 bits per heavy atom. The van der Waals surface area contributed by atoms with Gasteiger partial charge in [-0.1, -0.05) is 48.8 Å². The summed E-state index contributed by atoms with van der Waals surface area (Å²) in [6, 6.07) is 6.44. The van der Waals surface area contributed by atoms with Gasteiger partial charge in [0.2, 0.25) is 0 Å². The van der Waals surface area contributed by atoms with E-state index in [2.05, 4.69) is 60.2 Å². The van der Waals surface area contributed by atoms with Gasteiger partial charge in [-0.15, -0.1) is 0 Å². The molecule has 0 aliphatic carbocycles. The average Bonchev–Trinajstić information content (AvgIpc) is 2.44. The molecule has 0 aromatic heterocycles. The lowest BCUT2D eigenvalue weighted by molar-refractivity contribution is 0.0313. The zero-order valence-corrected chi connectivity index (χ0v) is 15.0. The molecular weight excluding hydrogens is 330 g/mol. The first-order valence-corrected chi connectivity index (χ1v) is 8.56. The van der Waals surface area contributed by atoms with E-state index in [1.54, 1.807) is 0 Å². The highest BCUT2D eigenvalue weighted by Gasteiger charge is 2.02. The minimum absolute atomic E-state index is 0.577. The van der Waals surface area contributed by atoms with Gasteiger partial charge in [0, 0.05) is 17.6 Å². The highest BCUT2D eigenvalue weighted by Crippen LogP contribution is 2.19. The first kappa shape index (κ1) is 18.6. The Kier molecular flexibility index (Phi) is 9.92. The summed E-state index contributed by atoms with van der Waals surface area (Å²) in [6.45, 7) is 11.2. The third kappa shape index (κ3) is 8.57. The fourth-order valence-corrected chi connectivity index (χ4v) is 2.39. The summed E-state index contributed by atoms with van der Waals surface area (Å²) in [5, 5.41) is 3.40. The van der Waals surface area contributed by atoms with Gasteiger partial charge in [0.05, 0.1) is 19.8 Å². The Labute approximate surface area is 137 Å². The van der Waals surface area contributed by atoms with Crippen molar-refractivity contribution in [3.8, 4) is 0 Å². The van der Waals surface area contributed by atoms with Gasteiger partial charge in [-0.2, -0.15) is 0 Å². The van der Waals surface area contributed by atoms with Gasteiger partial charge in [0.1, 0.15) is 0 Å². The first-order chi connectivity index (χ1) is 10.1. The van der Waals surface area contributed by atoms with Crippen LogP contribution in [0.5, 0.6) is 0 Å². The van der Waals surface area contributed by atoms with Crippen LogP contribution in [0, 0.1) is 5.92 Å². The molecule has 0 fully saturated rings. The summed E-state index contributed by atoms with van der Waals surface area (Å²) in [7, 11) is 0. The minimum Gasteiger partial charge on any atom is -0.379 e. The largest absolute Gasteiger partial charge is 0.379 e. The van der Waals surface area contributed by atoms with Crippen molar-refractivity contribution in [2.45, 2.75) is 40.3 Å². The normalized spacial score (nSPS) is 11.3. The third-order valence-electron chi connectivity index (χ3n) is 2.95. The monoisotopic (exact) mass is 357 g/mol. The van der Waals surface area contributed by atoms with Crippen LogP contribution in [-0.4, -0.2) is 26.4 Å². The van der Waals surface area contributed by atoms with Gasteiger partial charge in [-0.05, 0) is 36.1 Å². The summed E-state index contributed by atoms with van der Waals surface area (Å²) in [5.41, 5.74) is 2.47. The molecular formula is C17H28BrNO2. The molecule has 1 aromatic carbocycles. The molecule has 0 unspecified atom stereocenters.